The molecule has 0 saturated heterocycles. The molecular weight excluding hydrogens is 419 g/mol. The van der Waals surface area contributed by atoms with Gasteiger partial charge in [-0.2, -0.15) is 26.9 Å². The molecule has 0 unspecified atom stereocenters. The third-order valence-corrected chi connectivity index (χ3v) is 5.91. The molecule has 3 N–H and O–H groups in total. The molecule has 0 fully saturated rings. The molecule has 7 nitrogen and oxygen atoms in total. The van der Waals surface area contributed by atoms with Crippen molar-refractivity contribution >= 4 is 27.7 Å². The number of rotatable bonds is 3. The minimum Gasteiger partial charge on any atom is -0.506 e. The molecule has 0 atom stereocenters. The molecule has 0 aromatic heterocycles. The monoisotopic (exact) mass is 429 g/mol. The lowest BCUT2D eigenvalue weighted by atomic mass is 10.1. The van der Waals surface area contributed by atoms with Crippen LogP contribution >= 0.6 is 11.8 Å². The lowest BCUT2D eigenvalue weighted by Gasteiger charge is -2.16. The van der Waals surface area contributed by atoms with Crippen molar-refractivity contribution < 1.29 is 31.8 Å². The van der Waals surface area contributed by atoms with Gasteiger partial charge in [0.15, 0.2) is 0 Å². The van der Waals surface area contributed by atoms with Crippen molar-refractivity contribution in [1.82, 2.24) is 4.72 Å². The fraction of sp³-hybridized carbons (Fsp3) is 0.0625. The first-order chi connectivity index (χ1) is 13.0. The van der Waals surface area contributed by atoms with Crippen LogP contribution in [0.2, 0.25) is 0 Å². The average Bonchev–Trinajstić information content (AvgIpc) is 2.86. The third-order valence-electron chi connectivity index (χ3n) is 3.57. The van der Waals surface area contributed by atoms with Gasteiger partial charge in [-0.05, 0) is 36.4 Å². The number of alkyl halides is 3. The second-order valence-electron chi connectivity index (χ2n) is 5.49. The largest absolute Gasteiger partial charge is 0.506 e. The van der Waals surface area contributed by atoms with E-state index in [9.17, 15) is 31.8 Å². The summed E-state index contributed by atoms with van der Waals surface area (Å²) in [6.07, 6.45) is -3.74. The Morgan fingerprint density at radius 3 is 2.39 bits per heavy atom. The number of phenolic OH excluding ortho intramolecular Hbond substituents is 1. The van der Waals surface area contributed by atoms with Gasteiger partial charge < -0.3 is 10.2 Å². The second kappa shape index (κ2) is 6.84. The Morgan fingerprint density at radius 1 is 1.14 bits per heavy atom. The molecular formula is C16H10F3N3O4S2. The van der Waals surface area contributed by atoms with Crippen molar-refractivity contribution in [1.29, 1.82) is 5.26 Å². The summed E-state index contributed by atoms with van der Waals surface area (Å²) in [4.78, 5) is 0.298. The molecule has 0 radical (unpaired) electrons. The van der Waals surface area contributed by atoms with E-state index in [1.807, 2.05) is 4.72 Å². The Hall–Kier alpha value is -3.04. The maximum atomic E-state index is 12.9. The molecule has 0 spiro atoms. The summed E-state index contributed by atoms with van der Waals surface area (Å²) >= 11 is 0.804. The van der Waals surface area contributed by atoms with E-state index in [1.54, 1.807) is 6.07 Å². The first-order valence-corrected chi connectivity index (χ1v) is 9.62. The van der Waals surface area contributed by atoms with Gasteiger partial charge in [-0.1, -0.05) is 11.8 Å². The summed E-state index contributed by atoms with van der Waals surface area (Å²) in [5.74, 6) is -1.13. The summed E-state index contributed by atoms with van der Waals surface area (Å²) in [5, 5.41) is 28.6. The zero-order chi connectivity index (χ0) is 20.7. The van der Waals surface area contributed by atoms with E-state index in [0.717, 1.165) is 42.2 Å². The van der Waals surface area contributed by atoms with Crippen LogP contribution in [0, 0.1) is 11.3 Å². The van der Waals surface area contributed by atoms with Crippen molar-refractivity contribution in [2.24, 2.45) is 0 Å². The molecule has 0 saturated carbocycles. The predicted molar refractivity (Wildman–Crippen MR) is 93.6 cm³/mol. The van der Waals surface area contributed by atoms with Crippen LogP contribution in [0.4, 0.5) is 18.9 Å². The van der Waals surface area contributed by atoms with Gasteiger partial charge in [-0.15, -0.1) is 0 Å². The molecule has 1 aliphatic heterocycles. The van der Waals surface area contributed by atoms with Crippen molar-refractivity contribution in [2.75, 3.05) is 4.31 Å². The highest BCUT2D eigenvalue weighted by Crippen LogP contribution is 2.40. The van der Waals surface area contributed by atoms with Crippen LogP contribution in [-0.4, -0.2) is 18.6 Å². The van der Waals surface area contributed by atoms with Gasteiger partial charge in [-0.3, -0.25) is 0 Å². The fourth-order valence-corrected chi connectivity index (χ4v) is 4.38. The van der Waals surface area contributed by atoms with Crippen molar-refractivity contribution in [3.8, 4) is 11.8 Å². The van der Waals surface area contributed by atoms with Crippen LogP contribution in [0.1, 0.15) is 11.1 Å². The van der Waals surface area contributed by atoms with E-state index in [-0.39, 0.29) is 21.0 Å². The van der Waals surface area contributed by atoms with Crippen LogP contribution in [0.5, 0.6) is 5.75 Å². The summed E-state index contributed by atoms with van der Waals surface area (Å²) in [6, 6.07) is 8.19. The van der Waals surface area contributed by atoms with Crippen molar-refractivity contribution in [3.63, 3.8) is 0 Å². The molecule has 28 heavy (non-hydrogen) atoms. The lowest BCUT2D eigenvalue weighted by Crippen LogP contribution is -2.29. The number of halogens is 3. The van der Waals surface area contributed by atoms with Crippen LogP contribution in [0.25, 0.3) is 0 Å². The number of hydrogen-bond donors (Lipinski definition) is 3. The molecule has 3 rings (SSSR count). The predicted octanol–water partition coefficient (Wildman–Crippen LogP) is 3.45. The minimum absolute atomic E-state index is 0.0146. The maximum Gasteiger partial charge on any atom is 0.416 e. The number of anilines is 1. The first kappa shape index (κ1) is 19.7. The highest BCUT2D eigenvalue weighted by atomic mass is 32.2. The number of nitrogens with one attached hydrogen (secondary N) is 1. The van der Waals surface area contributed by atoms with E-state index >= 15 is 0 Å². The Balaban J connectivity index is 1.95. The number of aliphatic hydroxyl groups is 1. The van der Waals surface area contributed by atoms with Crippen LogP contribution in [0.15, 0.2) is 58.3 Å². The van der Waals surface area contributed by atoms with Gasteiger partial charge in [0.2, 0.25) is 5.88 Å². The van der Waals surface area contributed by atoms with Gasteiger partial charge >= 0.3 is 16.4 Å². The number of phenols is 1. The number of hydrogen-bond acceptors (Lipinski definition) is 6. The van der Waals surface area contributed by atoms with Gasteiger partial charge in [-0.25, -0.2) is 9.03 Å². The lowest BCUT2D eigenvalue weighted by molar-refractivity contribution is -0.137. The summed E-state index contributed by atoms with van der Waals surface area (Å²) in [6.45, 7) is 0. The highest BCUT2D eigenvalue weighted by Gasteiger charge is 2.32. The smallest absolute Gasteiger partial charge is 0.416 e. The topological polar surface area (TPSA) is 114 Å². The van der Waals surface area contributed by atoms with Crippen molar-refractivity contribution in [3.05, 3.63) is 59.6 Å². The quantitative estimate of drug-likeness (QED) is 0.689. The normalized spacial score (nSPS) is 15.6. The van der Waals surface area contributed by atoms with Gasteiger partial charge in [0.25, 0.3) is 0 Å². The number of aromatic hydroxyl groups is 1. The van der Waals surface area contributed by atoms with E-state index < -0.39 is 33.6 Å². The SMILES string of the molecule is N#Cc1ccc(C(F)(F)F)cc1Sc1ccc(N2C=C(O)NS2(=O)=O)c(O)c1. The second-order valence-corrected chi connectivity index (χ2v) is 8.15. The summed E-state index contributed by atoms with van der Waals surface area (Å²) in [5.41, 5.74) is -1.09. The molecule has 0 amide bonds. The van der Waals surface area contributed by atoms with Crippen LogP contribution in [0.3, 0.4) is 0 Å². The van der Waals surface area contributed by atoms with E-state index in [0.29, 0.717) is 4.31 Å². The van der Waals surface area contributed by atoms with E-state index in [1.165, 1.54) is 12.1 Å². The van der Waals surface area contributed by atoms with Gasteiger partial charge in [0.05, 0.1) is 17.3 Å². The van der Waals surface area contributed by atoms with E-state index in [2.05, 4.69) is 0 Å². The Labute approximate surface area is 161 Å². The number of aliphatic hydroxyl groups excluding tert-OH is 1. The highest BCUT2D eigenvalue weighted by molar-refractivity contribution is 7.99. The molecule has 2 aromatic carbocycles. The zero-order valence-electron chi connectivity index (χ0n) is 13.6. The summed E-state index contributed by atoms with van der Waals surface area (Å²) < 4.78 is 64.9. The number of nitriles is 1. The number of nitrogens with zero attached hydrogens (tertiary/aromatic N) is 2. The molecule has 146 valence electrons. The number of benzene rings is 2. The average molecular weight is 429 g/mol. The minimum atomic E-state index is -4.58. The molecule has 12 heteroatoms. The standard InChI is InChI=1S/C16H10F3N3O4S2/c17-16(18,19)10-2-1-9(7-20)14(5-10)27-11-3-4-12(13(23)6-11)22-8-15(24)21-28(22,25)26/h1-6,8,21,23-24H. The fourth-order valence-electron chi connectivity index (χ4n) is 2.34. The Kier molecular flexibility index (Phi) is 4.82. The summed E-state index contributed by atoms with van der Waals surface area (Å²) in [7, 11) is -4.11. The van der Waals surface area contributed by atoms with Crippen LogP contribution < -0.4 is 9.03 Å². The van der Waals surface area contributed by atoms with Gasteiger partial charge in [0.1, 0.15) is 17.5 Å². The maximum absolute atomic E-state index is 12.9. The molecule has 0 bridgehead atoms. The van der Waals surface area contributed by atoms with Crippen molar-refractivity contribution in [2.45, 2.75) is 16.0 Å². The first-order valence-electron chi connectivity index (χ1n) is 7.36. The molecule has 1 heterocycles. The molecule has 1 aliphatic rings. The zero-order valence-corrected chi connectivity index (χ0v) is 15.2. The van der Waals surface area contributed by atoms with Crippen LogP contribution in [-0.2, 0) is 16.4 Å². The third kappa shape index (κ3) is 3.80. The molecule has 2 aromatic rings. The van der Waals surface area contributed by atoms with E-state index in [4.69, 9.17) is 5.26 Å². The van der Waals surface area contributed by atoms with Gasteiger partial charge in [0, 0.05) is 9.79 Å². The Morgan fingerprint density at radius 2 is 1.86 bits per heavy atom. The molecule has 0 aliphatic carbocycles. The Bertz CT molecular complexity index is 1120.